The molecule has 0 amide bonds. The Morgan fingerprint density at radius 3 is 0.717 bits per heavy atom. The van der Waals surface area contributed by atoms with E-state index in [1.54, 1.807) is 0 Å². The minimum Gasteiger partial charge on any atom is -0.462 e. The van der Waals surface area contributed by atoms with Crippen molar-refractivity contribution in [3.8, 4) is 0 Å². The summed E-state index contributed by atoms with van der Waals surface area (Å²) in [7, 11) is -9.92. The summed E-state index contributed by atoms with van der Waals surface area (Å²) >= 11 is 0. The largest absolute Gasteiger partial charge is 0.472 e. The first kappa shape index (κ1) is 97.1. The van der Waals surface area contributed by atoms with Crippen LogP contribution in [0.15, 0.2) is 0 Å². The number of ether oxygens (including phenoxy) is 4. The number of rotatable bonds is 77. The van der Waals surface area contributed by atoms with Gasteiger partial charge in [0.15, 0.2) is 12.2 Å². The molecule has 6 atom stereocenters. The smallest absolute Gasteiger partial charge is 0.462 e. The maximum atomic E-state index is 13.1. The lowest BCUT2D eigenvalue weighted by Gasteiger charge is -2.21. The molecule has 0 aliphatic heterocycles. The van der Waals surface area contributed by atoms with Crippen LogP contribution >= 0.6 is 15.6 Å². The van der Waals surface area contributed by atoms with Gasteiger partial charge in [-0.2, -0.15) is 0 Å². The van der Waals surface area contributed by atoms with E-state index >= 15 is 0 Å². The van der Waals surface area contributed by atoms with Crippen molar-refractivity contribution in [2.24, 2.45) is 23.7 Å². The highest BCUT2D eigenvalue weighted by atomic mass is 31.2. The summed E-state index contributed by atoms with van der Waals surface area (Å²) in [5, 5.41) is 10.6. The minimum atomic E-state index is -4.96. The van der Waals surface area contributed by atoms with Crippen molar-refractivity contribution in [3.63, 3.8) is 0 Å². The normalized spacial score (nSPS) is 14.3. The van der Waals surface area contributed by atoms with Crippen molar-refractivity contribution in [1.29, 1.82) is 0 Å². The number of hydrogen-bond acceptors (Lipinski definition) is 15. The molecule has 0 heterocycles. The van der Waals surface area contributed by atoms with Gasteiger partial charge in [-0.3, -0.25) is 37.3 Å². The topological polar surface area (TPSA) is 237 Å². The molecule has 0 aliphatic carbocycles. The lowest BCUT2D eigenvalue weighted by Crippen LogP contribution is -2.30. The number of unbranched alkanes of at least 4 members (excludes halogenated alkanes) is 42. The highest BCUT2D eigenvalue weighted by molar-refractivity contribution is 7.47. The Morgan fingerprint density at radius 2 is 0.485 bits per heavy atom. The molecule has 0 saturated carbocycles. The fraction of sp³-hybridized carbons (Fsp3) is 0.950. The molecule has 0 rings (SSSR count). The van der Waals surface area contributed by atoms with E-state index in [1.807, 2.05) is 0 Å². The van der Waals surface area contributed by atoms with Gasteiger partial charge in [-0.25, -0.2) is 9.13 Å². The Hall–Kier alpha value is -1.94. The summed E-state index contributed by atoms with van der Waals surface area (Å²) in [6.45, 7) is 14.2. The van der Waals surface area contributed by atoms with Gasteiger partial charge in [0.05, 0.1) is 26.4 Å². The number of aliphatic hydroxyl groups excluding tert-OH is 1. The summed E-state index contributed by atoms with van der Waals surface area (Å²) < 4.78 is 68.6. The highest BCUT2D eigenvalue weighted by Crippen LogP contribution is 2.45. The molecule has 0 saturated heterocycles. The van der Waals surface area contributed by atoms with E-state index in [4.69, 9.17) is 37.0 Å². The number of hydrogen-bond donors (Lipinski definition) is 3. The predicted molar refractivity (Wildman–Crippen MR) is 404 cm³/mol. The standard InChI is InChI=1S/C80H156O17P2/c1-9-73(8)59-51-43-34-28-24-25-31-37-47-55-63-80(85)97-76(67-91-78(83)61-53-45-39-38-42-50-58-72(6)7)69-95-99(88,89)93-65-74(81)64-92-98(86,87)94-68-75(96-79(84)62-54-46-36-30-23-19-15-14-17-21-27-33-41-49-57-71(4)5)66-90-77(82)60-52-44-35-29-22-18-13-11-10-12-16-20-26-32-40-48-56-70(2)3/h70-76,81H,9-69H2,1-8H3,(H,86,87)(H,88,89)/t73?,74-,75-,76-/m1/s1. The molecule has 0 aliphatic rings. The number of carbonyl (C=O) groups excluding carboxylic acids is 4. The van der Waals surface area contributed by atoms with Crippen LogP contribution in [-0.2, 0) is 65.4 Å². The molecule has 0 aromatic heterocycles. The Morgan fingerprint density at radius 1 is 0.283 bits per heavy atom. The molecule has 0 fully saturated rings. The molecular formula is C80H156O17P2. The van der Waals surface area contributed by atoms with E-state index in [9.17, 15) is 43.2 Å². The lowest BCUT2D eigenvalue weighted by atomic mass is 9.99. The molecule has 0 aromatic rings. The molecule has 3 N–H and O–H groups in total. The maximum absolute atomic E-state index is 13.1. The van der Waals surface area contributed by atoms with Crippen LogP contribution in [0.25, 0.3) is 0 Å². The van der Waals surface area contributed by atoms with Crippen molar-refractivity contribution in [2.45, 2.75) is 427 Å². The Labute approximate surface area is 607 Å². The molecule has 0 bridgehead atoms. The molecular weight excluding hydrogens is 1290 g/mol. The van der Waals surface area contributed by atoms with E-state index < -0.39 is 97.5 Å². The zero-order chi connectivity index (χ0) is 73.1. The van der Waals surface area contributed by atoms with Gasteiger partial charge in [-0.1, -0.05) is 357 Å². The van der Waals surface area contributed by atoms with Crippen molar-refractivity contribution in [3.05, 3.63) is 0 Å². The van der Waals surface area contributed by atoms with Crippen LogP contribution in [0, 0.1) is 23.7 Å². The summed E-state index contributed by atoms with van der Waals surface area (Å²) in [5.41, 5.74) is 0. The van der Waals surface area contributed by atoms with Gasteiger partial charge in [0.2, 0.25) is 0 Å². The van der Waals surface area contributed by atoms with Crippen LogP contribution in [0.2, 0.25) is 0 Å². The number of carbonyl (C=O) groups is 4. The third-order valence-electron chi connectivity index (χ3n) is 18.9. The predicted octanol–water partition coefficient (Wildman–Crippen LogP) is 23.6. The molecule has 17 nitrogen and oxygen atoms in total. The highest BCUT2D eigenvalue weighted by Gasteiger charge is 2.30. The fourth-order valence-electron chi connectivity index (χ4n) is 12.2. The van der Waals surface area contributed by atoms with Crippen molar-refractivity contribution < 1.29 is 80.2 Å². The van der Waals surface area contributed by atoms with Gasteiger partial charge in [0.1, 0.15) is 19.3 Å². The van der Waals surface area contributed by atoms with Gasteiger partial charge in [0.25, 0.3) is 0 Å². The summed E-state index contributed by atoms with van der Waals surface area (Å²) in [6, 6.07) is 0. The average Bonchev–Trinajstić information content (AvgIpc) is 0.972. The minimum absolute atomic E-state index is 0.105. The third-order valence-corrected chi connectivity index (χ3v) is 20.8. The van der Waals surface area contributed by atoms with E-state index in [2.05, 4.69) is 55.4 Å². The van der Waals surface area contributed by atoms with Gasteiger partial charge in [0, 0.05) is 25.7 Å². The van der Waals surface area contributed by atoms with Gasteiger partial charge in [-0.05, 0) is 49.4 Å². The van der Waals surface area contributed by atoms with E-state index in [1.165, 1.54) is 205 Å². The Bertz CT molecular complexity index is 1940. The van der Waals surface area contributed by atoms with Crippen molar-refractivity contribution in [1.82, 2.24) is 0 Å². The van der Waals surface area contributed by atoms with Gasteiger partial charge in [-0.15, -0.1) is 0 Å². The van der Waals surface area contributed by atoms with Crippen LogP contribution in [0.5, 0.6) is 0 Å². The number of phosphoric ester groups is 2. The van der Waals surface area contributed by atoms with Crippen molar-refractivity contribution >= 4 is 39.5 Å². The van der Waals surface area contributed by atoms with Crippen LogP contribution in [-0.4, -0.2) is 96.7 Å². The van der Waals surface area contributed by atoms with E-state index in [0.29, 0.717) is 31.6 Å². The molecule has 588 valence electrons. The quantitative estimate of drug-likeness (QED) is 0.0222. The second kappa shape index (κ2) is 69.1. The van der Waals surface area contributed by atoms with Crippen LogP contribution in [0.3, 0.4) is 0 Å². The first-order valence-corrected chi connectivity index (χ1v) is 44.2. The monoisotopic (exact) mass is 1450 g/mol. The van der Waals surface area contributed by atoms with Gasteiger partial charge < -0.3 is 33.8 Å². The average molecular weight is 1450 g/mol. The van der Waals surface area contributed by atoms with Gasteiger partial charge >= 0.3 is 39.5 Å². The number of esters is 4. The molecule has 0 aromatic carbocycles. The first-order valence-electron chi connectivity index (χ1n) is 41.2. The van der Waals surface area contributed by atoms with Crippen LogP contribution in [0.4, 0.5) is 0 Å². The molecule has 99 heavy (non-hydrogen) atoms. The second-order valence-corrected chi connectivity index (χ2v) is 33.4. The molecule has 0 radical (unpaired) electrons. The summed E-state index contributed by atoms with van der Waals surface area (Å²) in [5.74, 6) is 0.973. The molecule has 19 heteroatoms. The number of aliphatic hydroxyl groups is 1. The first-order chi connectivity index (χ1) is 47.6. The Kier molecular flexibility index (Phi) is 67.8. The second-order valence-electron chi connectivity index (χ2n) is 30.5. The zero-order valence-corrected chi connectivity index (χ0v) is 66.9. The Balaban J connectivity index is 5.23. The van der Waals surface area contributed by atoms with Crippen LogP contribution < -0.4 is 0 Å². The fourth-order valence-corrected chi connectivity index (χ4v) is 13.8. The van der Waals surface area contributed by atoms with Crippen molar-refractivity contribution in [2.75, 3.05) is 39.6 Å². The lowest BCUT2D eigenvalue weighted by molar-refractivity contribution is -0.161. The summed E-state index contributed by atoms with van der Waals surface area (Å²) in [4.78, 5) is 72.9. The van der Waals surface area contributed by atoms with E-state index in [0.717, 1.165) is 114 Å². The number of phosphoric acid groups is 2. The summed E-state index contributed by atoms with van der Waals surface area (Å²) in [6.07, 6.45) is 55.6. The zero-order valence-electron chi connectivity index (χ0n) is 65.1. The maximum Gasteiger partial charge on any atom is 0.472 e. The van der Waals surface area contributed by atoms with E-state index in [-0.39, 0.29) is 25.7 Å². The SMILES string of the molecule is CCC(C)CCCCCCCCCCCCC(=O)O[C@H](COC(=O)CCCCCCCCC(C)C)COP(=O)(O)OC[C@H](O)COP(=O)(O)OC[C@@H](COC(=O)CCCCCCCCCCCCCCCCCCC(C)C)OC(=O)CCCCCCCCCCCCCCCCC(C)C. The van der Waals surface area contributed by atoms with Crippen LogP contribution in [0.1, 0.15) is 409 Å². The molecule has 0 spiro atoms. The third kappa shape index (κ3) is 72.8. The molecule has 3 unspecified atom stereocenters.